The quantitative estimate of drug-likeness (QED) is 0.831. The van der Waals surface area contributed by atoms with Gasteiger partial charge < -0.3 is 19.0 Å². The average molecular weight is 317 g/mol. The van der Waals surface area contributed by atoms with Crippen molar-refractivity contribution in [2.45, 2.75) is 6.92 Å². The van der Waals surface area contributed by atoms with Gasteiger partial charge in [0.1, 0.15) is 5.76 Å². The Hall–Kier alpha value is -2.83. The van der Waals surface area contributed by atoms with E-state index in [2.05, 4.69) is 4.98 Å². The number of rotatable bonds is 5. The van der Waals surface area contributed by atoms with Crippen molar-refractivity contribution in [3.63, 3.8) is 0 Å². The average Bonchev–Trinajstić information content (AvgIpc) is 2.53. The first-order valence-electron chi connectivity index (χ1n) is 7.02. The van der Waals surface area contributed by atoms with Crippen LogP contribution in [0, 0.1) is 6.92 Å². The summed E-state index contributed by atoms with van der Waals surface area (Å²) < 4.78 is 10.4. The monoisotopic (exact) mass is 317 g/mol. The Balaban J connectivity index is 2.14. The van der Waals surface area contributed by atoms with E-state index in [9.17, 15) is 9.59 Å². The summed E-state index contributed by atoms with van der Waals surface area (Å²) in [6.45, 7) is 1.34. The molecule has 7 nitrogen and oxygen atoms in total. The molecule has 0 spiro atoms. The normalized spacial score (nSPS) is 10.3. The summed E-state index contributed by atoms with van der Waals surface area (Å²) in [6.07, 6.45) is 2.95. The number of pyridine rings is 1. The minimum atomic E-state index is -0.320. The molecule has 7 heteroatoms. The van der Waals surface area contributed by atoms with Crippen LogP contribution in [-0.2, 0) is 4.79 Å². The van der Waals surface area contributed by atoms with Crippen molar-refractivity contribution in [2.24, 2.45) is 0 Å². The topological polar surface area (TPSA) is 75.9 Å². The third kappa shape index (κ3) is 3.68. The minimum absolute atomic E-state index is 0.0493. The largest absolute Gasteiger partial charge is 0.476 e. The zero-order valence-corrected chi connectivity index (χ0v) is 13.6. The molecule has 2 rings (SSSR count). The highest BCUT2D eigenvalue weighted by molar-refractivity contribution is 5.96. The standard InChI is InChI=1S/C16H19N3O4/c1-11-15(13(20)7-9-22-11)23-10-14(21)19(4)12-6-5-8-17-16(12)18(2)3/h5-9H,10H2,1-4H3. The van der Waals surface area contributed by atoms with Crippen LogP contribution in [0.3, 0.4) is 0 Å². The maximum Gasteiger partial charge on any atom is 0.264 e. The lowest BCUT2D eigenvalue weighted by Crippen LogP contribution is -2.33. The summed E-state index contributed by atoms with van der Waals surface area (Å²) in [5, 5.41) is 0. The number of carbonyl (C=O) groups excluding carboxylic acids is 1. The number of hydrogen-bond acceptors (Lipinski definition) is 6. The molecule has 122 valence electrons. The number of hydrogen-bond donors (Lipinski definition) is 0. The zero-order valence-electron chi connectivity index (χ0n) is 13.6. The van der Waals surface area contributed by atoms with Gasteiger partial charge in [0, 0.05) is 33.4 Å². The van der Waals surface area contributed by atoms with Crippen LogP contribution in [0.4, 0.5) is 11.5 Å². The summed E-state index contributed by atoms with van der Waals surface area (Å²) in [5.41, 5.74) is 0.336. The predicted octanol–water partition coefficient (Wildman–Crippen LogP) is 1.45. The molecule has 0 saturated heterocycles. The van der Waals surface area contributed by atoms with Crippen LogP contribution in [-0.4, -0.2) is 38.6 Å². The molecule has 0 unspecified atom stereocenters. The molecule has 0 aromatic carbocycles. The van der Waals surface area contributed by atoms with Gasteiger partial charge in [-0.25, -0.2) is 4.98 Å². The van der Waals surface area contributed by atoms with Gasteiger partial charge in [0.15, 0.2) is 12.4 Å². The van der Waals surface area contributed by atoms with Crippen LogP contribution >= 0.6 is 0 Å². The molecule has 0 aliphatic heterocycles. The number of anilines is 2. The highest BCUT2D eigenvalue weighted by Gasteiger charge is 2.18. The van der Waals surface area contributed by atoms with Crippen molar-refractivity contribution in [3.8, 4) is 5.75 Å². The molecule has 2 heterocycles. The molecule has 0 radical (unpaired) electrons. The number of aromatic nitrogens is 1. The Bertz CT molecular complexity index is 755. The molecular weight excluding hydrogens is 298 g/mol. The maximum absolute atomic E-state index is 12.3. The van der Waals surface area contributed by atoms with E-state index < -0.39 is 0 Å². The molecule has 0 saturated carbocycles. The van der Waals surface area contributed by atoms with E-state index in [0.29, 0.717) is 17.3 Å². The highest BCUT2D eigenvalue weighted by Crippen LogP contribution is 2.24. The second-order valence-electron chi connectivity index (χ2n) is 5.15. The Morgan fingerprint density at radius 3 is 2.70 bits per heavy atom. The van der Waals surface area contributed by atoms with E-state index in [4.69, 9.17) is 9.15 Å². The van der Waals surface area contributed by atoms with Gasteiger partial charge in [0.2, 0.25) is 11.2 Å². The van der Waals surface area contributed by atoms with Gasteiger partial charge in [0.25, 0.3) is 5.91 Å². The lowest BCUT2D eigenvalue weighted by Gasteiger charge is -2.23. The van der Waals surface area contributed by atoms with E-state index in [0.717, 1.165) is 0 Å². The van der Waals surface area contributed by atoms with Gasteiger partial charge in [-0.15, -0.1) is 0 Å². The van der Waals surface area contributed by atoms with Crippen LogP contribution in [0.15, 0.2) is 39.9 Å². The van der Waals surface area contributed by atoms with Gasteiger partial charge >= 0.3 is 0 Å². The second kappa shape index (κ2) is 6.95. The van der Waals surface area contributed by atoms with E-state index in [1.165, 1.54) is 17.2 Å². The third-order valence-corrected chi connectivity index (χ3v) is 3.27. The predicted molar refractivity (Wildman–Crippen MR) is 87.2 cm³/mol. The fourth-order valence-corrected chi connectivity index (χ4v) is 2.03. The molecular formula is C16H19N3O4. The van der Waals surface area contributed by atoms with E-state index in [-0.39, 0.29) is 23.7 Å². The second-order valence-corrected chi connectivity index (χ2v) is 5.15. The molecule has 0 atom stereocenters. The van der Waals surface area contributed by atoms with E-state index in [1.54, 1.807) is 32.3 Å². The maximum atomic E-state index is 12.3. The van der Waals surface area contributed by atoms with E-state index in [1.807, 2.05) is 19.0 Å². The van der Waals surface area contributed by atoms with Crippen LogP contribution in [0.1, 0.15) is 5.76 Å². The molecule has 0 bridgehead atoms. The van der Waals surface area contributed by atoms with Gasteiger partial charge in [-0.1, -0.05) is 0 Å². The first-order valence-corrected chi connectivity index (χ1v) is 7.02. The lowest BCUT2D eigenvalue weighted by atomic mass is 10.3. The zero-order chi connectivity index (χ0) is 17.0. The molecule has 0 N–H and O–H groups in total. The molecule has 2 aromatic heterocycles. The third-order valence-electron chi connectivity index (χ3n) is 3.27. The minimum Gasteiger partial charge on any atom is -0.476 e. The van der Waals surface area contributed by atoms with Crippen LogP contribution in [0.2, 0.25) is 0 Å². The fourth-order valence-electron chi connectivity index (χ4n) is 2.03. The summed E-state index contributed by atoms with van der Waals surface area (Å²) >= 11 is 0. The summed E-state index contributed by atoms with van der Waals surface area (Å²) in [7, 11) is 5.33. The van der Waals surface area contributed by atoms with Crippen molar-refractivity contribution in [1.82, 2.24) is 4.98 Å². The summed E-state index contributed by atoms with van der Waals surface area (Å²) in [4.78, 5) is 31.6. The Morgan fingerprint density at radius 2 is 2.04 bits per heavy atom. The number of ether oxygens (including phenoxy) is 1. The smallest absolute Gasteiger partial charge is 0.264 e. The Labute approximate surface area is 134 Å². The van der Waals surface area contributed by atoms with Crippen LogP contribution in [0.25, 0.3) is 0 Å². The van der Waals surface area contributed by atoms with Gasteiger partial charge in [-0.3, -0.25) is 9.59 Å². The van der Waals surface area contributed by atoms with E-state index >= 15 is 0 Å². The Kier molecular flexibility index (Phi) is 5.00. The SMILES string of the molecule is Cc1occc(=O)c1OCC(=O)N(C)c1cccnc1N(C)C. The Morgan fingerprint density at radius 1 is 1.30 bits per heavy atom. The molecule has 1 amide bonds. The van der Waals surface area contributed by atoms with Crippen molar-refractivity contribution in [2.75, 3.05) is 37.5 Å². The van der Waals surface area contributed by atoms with Crippen LogP contribution < -0.4 is 20.0 Å². The fraction of sp³-hybridized carbons (Fsp3) is 0.312. The first-order chi connectivity index (χ1) is 10.9. The number of carbonyl (C=O) groups is 1. The lowest BCUT2D eigenvalue weighted by molar-refractivity contribution is -0.120. The van der Waals surface area contributed by atoms with Crippen molar-refractivity contribution < 1.29 is 13.9 Å². The molecule has 2 aromatic rings. The van der Waals surface area contributed by atoms with Crippen molar-refractivity contribution in [3.05, 3.63) is 46.6 Å². The van der Waals surface area contributed by atoms with Crippen LogP contribution in [0.5, 0.6) is 5.75 Å². The molecule has 0 aliphatic rings. The number of aryl methyl sites for hydroxylation is 1. The summed E-state index contributed by atoms with van der Waals surface area (Å²) in [6, 6.07) is 4.80. The molecule has 0 fully saturated rings. The first kappa shape index (κ1) is 16.5. The molecule has 0 aliphatic carbocycles. The van der Waals surface area contributed by atoms with Crippen molar-refractivity contribution in [1.29, 1.82) is 0 Å². The summed E-state index contributed by atoms with van der Waals surface area (Å²) in [5.74, 6) is 0.749. The molecule has 23 heavy (non-hydrogen) atoms. The van der Waals surface area contributed by atoms with Gasteiger partial charge in [0.05, 0.1) is 12.0 Å². The number of amides is 1. The van der Waals surface area contributed by atoms with Gasteiger partial charge in [-0.2, -0.15) is 0 Å². The number of likely N-dealkylation sites (N-methyl/N-ethyl adjacent to an activating group) is 1. The number of nitrogens with zero attached hydrogens (tertiary/aromatic N) is 3. The van der Waals surface area contributed by atoms with Crippen molar-refractivity contribution >= 4 is 17.4 Å². The highest BCUT2D eigenvalue weighted by atomic mass is 16.5. The van der Waals surface area contributed by atoms with Gasteiger partial charge in [-0.05, 0) is 19.1 Å².